The SMILES string of the molecule is COC(=O)[C@H]1NC(=O)CCOC(=O)c2cc(O[Si](C)(C)C(C)(C)C)cc(O[Si](C)(C)C(C)(C)C)c2CSC1NC(=O)O. The van der Waals surface area contributed by atoms with Gasteiger partial charge in [-0.3, -0.25) is 4.79 Å². The molecule has 0 bridgehead atoms. The molecule has 0 saturated carbocycles. The van der Waals surface area contributed by atoms with E-state index < -0.39 is 52.0 Å². The molecule has 0 spiro atoms. The lowest BCUT2D eigenvalue weighted by Crippen LogP contribution is -2.54. The zero-order valence-corrected chi connectivity index (χ0v) is 29.4. The third-order valence-corrected chi connectivity index (χ3v) is 18.0. The first kappa shape index (κ1) is 35.5. The largest absolute Gasteiger partial charge is 0.543 e. The molecule has 1 aliphatic heterocycles. The number of hydrogen-bond donors (Lipinski definition) is 3. The Bertz CT molecular complexity index is 1190. The van der Waals surface area contributed by atoms with Crippen molar-refractivity contribution >= 4 is 52.3 Å². The van der Waals surface area contributed by atoms with Crippen LogP contribution in [0.4, 0.5) is 4.79 Å². The molecule has 2 atom stereocenters. The summed E-state index contributed by atoms with van der Waals surface area (Å²) in [7, 11) is -3.63. The van der Waals surface area contributed by atoms with Gasteiger partial charge in [0.2, 0.25) is 22.5 Å². The number of nitrogens with one attached hydrogen (secondary N) is 2. The first-order valence-corrected chi connectivity index (χ1v) is 20.7. The number of benzene rings is 1. The van der Waals surface area contributed by atoms with Crippen LogP contribution in [0.25, 0.3) is 0 Å². The lowest BCUT2D eigenvalue weighted by molar-refractivity contribution is -0.145. The molecule has 42 heavy (non-hydrogen) atoms. The standard InChI is InChI=1S/C28H46N2O9SSi2/c1-27(2,3)41(8,9)38-17-14-18-19(20(15-17)39-42(10,11)28(4,5)6)16-40-23(30-26(34)35)22(25(33)36-7)29-21(31)12-13-37-24(18)32/h14-15,22-23,30H,12-13,16H2,1-11H3,(H,29,31)(H,34,35)/t22-,23?/m0/s1. The first-order chi connectivity index (χ1) is 19.1. The van der Waals surface area contributed by atoms with Crippen molar-refractivity contribution in [2.75, 3.05) is 13.7 Å². The maximum atomic E-state index is 13.5. The summed E-state index contributed by atoms with van der Waals surface area (Å²) in [4.78, 5) is 50.4. The molecule has 2 amide bonds. The highest BCUT2D eigenvalue weighted by Gasteiger charge is 2.42. The van der Waals surface area contributed by atoms with Gasteiger partial charge in [0.1, 0.15) is 23.5 Å². The lowest BCUT2D eigenvalue weighted by atomic mass is 10.1. The fourth-order valence-electron chi connectivity index (χ4n) is 3.44. The maximum absolute atomic E-state index is 13.5. The van der Waals surface area contributed by atoms with E-state index in [1.54, 1.807) is 12.1 Å². The number of carboxylic acid groups (broad SMARTS) is 1. The molecule has 2 rings (SSSR count). The number of carbonyl (C=O) groups is 4. The molecule has 1 aromatic carbocycles. The van der Waals surface area contributed by atoms with Gasteiger partial charge in [0.05, 0.1) is 19.1 Å². The summed E-state index contributed by atoms with van der Waals surface area (Å²) in [5.74, 6) is -1.14. The fraction of sp³-hybridized carbons (Fsp3) is 0.643. The van der Waals surface area contributed by atoms with Gasteiger partial charge in [-0.05, 0) is 42.3 Å². The molecule has 0 radical (unpaired) electrons. The van der Waals surface area contributed by atoms with Crippen LogP contribution in [0.2, 0.25) is 36.3 Å². The van der Waals surface area contributed by atoms with E-state index in [0.29, 0.717) is 17.1 Å². The monoisotopic (exact) mass is 642 g/mol. The molecule has 1 aliphatic rings. The number of methoxy groups -OCH3 is 1. The molecule has 3 N–H and O–H groups in total. The van der Waals surface area contributed by atoms with Gasteiger partial charge in [0.25, 0.3) is 0 Å². The molecular formula is C28H46N2O9SSi2. The van der Waals surface area contributed by atoms with Gasteiger partial charge in [-0.1, -0.05) is 41.5 Å². The summed E-state index contributed by atoms with van der Waals surface area (Å²) < 4.78 is 23.7. The average molecular weight is 643 g/mol. The van der Waals surface area contributed by atoms with Gasteiger partial charge in [-0.2, -0.15) is 0 Å². The second-order valence-corrected chi connectivity index (χ2v) is 23.9. The Labute approximate surface area is 255 Å². The van der Waals surface area contributed by atoms with Crippen LogP contribution in [0.3, 0.4) is 0 Å². The first-order valence-electron chi connectivity index (χ1n) is 13.8. The molecule has 1 heterocycles. The number of fused-ring (bicyclic) bond motifs is 1. The summed E-state index contributed by atoms with van der Waals surface area (Å²) in [6.07, 6.45) is -1.63. The lowest BCUT2D eigenvalue weighted by Gasteiger charge is -2.39. The van der Waals surface area contributed by atoms with E-state index in [0.717, 1.165) is 18.9 Å². The minimum atomic E-state index is -2.45. The third kappa shape index (κ3) is 8.90. The number of hydrogen-bond acceptors (Lipinski definition) is 9. The van der Waals surface area contributed by atoms with Crippen molar-refractivity contribution in [2.45, 2.75) is 101 Å². The Balaban J connectivity index is 2.79. The summed E-state index contributed by atoms with van der Waals surface area (Å²) >= 11 is 1.02. The highest BCUT2D eigenvalue weighted by Crippen LogP contribution is 2.43. The van der Waals surface area contributed by atoms with Crippen LogP contribution in [0.15, 0.2) is 12.1 Å². The van der Waals surface area contributed by atoms with Crippen molar-refractivity contribution in [3.63, 3.8) is 0 Å². The van der Waals surface area contributed by atoms with Crippen LogP contribution in [-0.2, 0) is 24.8 Å². The molecule has 236 valence electrons. The molecular weight excluding hydrogens is 597 g/mol. The summed E-state index contributed by atoms with van der Waals surface area (Å²) in [6, 6.07) is 2.09. The van der Waals surface area contributed by atoms with Crippen molar-refractivity contribution in [3.8, 4) is 11.5 Å². The average Bonchev–Trinajstić information content (AvgIpc) is 2.82. The van der Waals surface area contributed by atoms with E-state index in [2.05, 4.69) is 78.4 Å². The number of esters is 2. The molecule has 0 saturated heterocycles. The normalized spacial score (nSPS) is 19.2. The Hall–Kier alpha value is -2.72. The predicted molar refractivity (Wildman–Crippen MR) is 167 cm³/mol. The van der Waals surface area contributed by atoms with E-state index in [4.69, 9.17) is 18.3 Å². The van der Waals surface area contributed by atoms with E-state index in [-0.39, 0.29) is 34.4 Å². The van der Waals surface area contributed by atoms with Crippen molar-refractivity contribution < 1.29 is 42.6 Å². The summed E-state index contributed by atoms with van der Waals surface area (Å²) in [6.45, 7) is 20.7. The van der Waals surface area contributed by atoms with Crippen LogP contribution in [-0.4, -0.2) is 70.8 Å². The van der Waals surface area contributed by atoms with Crippen molar-refractivity contribution in [1.29, 1.82) is 0 Å². The molecule has 1 aromatic rings. The summed E-state index contributed by atoms with van der Waals surface area (Å²) in [5.41, 5.74) is 0.669. The topological polar surface area (TPSA) is 149 Å². The Morgan fingerprint density at radius 3 is 2.12 bits per heavy atom. The number of ether oxygens (including phenoxy) is 2. The van der Waals surface area contributed by atoms with Gasteiger partial charge < -0.3 is 34.1 Å². The molecule has 14 heteroatoms. The number of thioether (sulfide) groups is 1. The predicted octanol–water partition coefficient (Wildman–Crippen LogP) is 5.50. The second-order valence-electron chi connectivity index (χ2n) is 13.3. The van der Waals surface area contributed by atoms with Crippen LogP contribution in [0.5, 0.6) is 11.5 Å². The van der Waals surface area contributed by atoms with Crippen molar-refractivity contribution in [1.82, 2.24) is 10.6 Å². The number of amides is 2. The zero-order valence-electron chi connectivity index (χ0n) is 26.6. The van der Waals surface area contributed by atoms with E-state index >= 15 is 0 Å². The van der Waals surface area contributed by atoms with Gasteiger partial charge >= 0.3 is 18.0 Å². The van der Waals surface area contributed by atoms with E-state index in [1.165, 1.54) is 0 Å². The number of rotatable bonds is 6. The van der Waals surface area contributed by atoms with Crippen LogP contribution >= 0.6 is 11.8 Å². The van der Waals surface area contributed by atoms with Crippen LogP contribution in [0.1, 0.15) is 63.9 Å². The maximum Gasteiger partial charge on any atom is 0.405 e. The van der Waals surface area contributed by atoms with Gasteiger partial charge in [-0.15, -0.1) is 11.8 Å². The fourth-order valence-corrected chi connectivity index (χ4v) is 6.69. The van der Waals surface area contributed by atoms with Crippen LogP contribution < -0.4 is 19.5 Å². The van der Waals surface area contributed by atoms with Gasteiger partial charge in [-0.25, -0.2) is 14.4 Å². The summed E-state index contributed by atoms with van der Waals surface area (Å²) in [5, 5.41) is 12.9. The Morgan fingerprint density at radius 1 is 1.02 bits per heavy atom. The highest BCUT2D eigenvalue weighted by atomic mass is 32.2. The van der Waals surface area contributed by atoms with Crippen molar-refractivity contribution in [2.24, 2.45) is 0 Å². The van der Waals surface area contributed by atoms with Crippen LogP contribution in [0, 0.1) is 0 Å². The minimum absolute atomic E-state index is 0.0447. The van der Waals surface area contributed by atoms with Gasteiger partial charge in [0, 0.05) is 17.4 Å². The number of carbonyl (C=O) groups excluding carboxylic acids is 3. The minimum Gasteiger partial charge on any atom is -0.543 e. The number of cyclic esters (lactones) is 1. The quantitative estimate of drug-likeness (QED) is 0.268. The van der Waals surface area contributed by atoms with Crippen molar-refractivity contribution in [3.05, 3.63) is 23.3 Å². The smallest absolute Gasteiger partial charge is 0.405 e. The zero-order chi connectivity index (χ0) is 32.3. The highest BCUT2D eigenvalue weighted by molar-refractivity contribution is 7.99. The molecule has 11 nitrogen and oxygen atoms in total. The van der Waals surface area contributed by atoms with E-state index in [1.807, 2.05) is 0 Å². The van der Waals surface area contributed by atoms with E-state index in [9.17, 15) is 24.3 Å². The second kappa shape index (κ2) is 13.3. The Morgan fingerprint density at radius 2 is 1.60 bits per heavy atom. The molecule has 0 aliphatic carbocycles. The Kier molecular flexibility index (Phi) is 11.2. The molecule has 1 unspecified atom stereocenters. The third-order valence-electron chi connectivity index (χ3n) is 8.06. The van der Waals surface area contributed by atoms with Gasteiger partial charge in [0.15, 0.2) is 6.04 Å². The molecule has 0 fully saturated rings. The molecule has 0 aromatic heterocycles.